The molecule has 2 amide bonds. The van der Waals surface area contributed by atoms with Crippen LogP contribution in [-0.2, 0) is 9.59 Å². The van der Waals surface area contributed by atoms with Crippen LogP contribution in [0, 0.1) is 5.92 Å². The van der Waals surface area contributed by atoms with E-state index in [1.54, 1.807) is 19.1 Å². The van der Waals surface area contributed by atoms with Crippen molar-refractivity contribution in [2.24, 2.45) is 16.1 Å². The molecule has 3 N–H and O–H groups in total. The molecule has 0 aromatic heterocycles. The maximum absolute atomic E-state index is 11.7. The largest absolute Gasteiger partial charge is 0.504 e. The van der Waals surface area contributed by atoms with Crippen molar-refractivity contribution >= 4 is 23.7 Å². The normalized spacial score (nSPS) is 17.5. The second kappa shape index (κ2) is 6.04. The molecule has 1 aromatic rings. The molecule has 21 heavy (non-hydrogen) atoms. The van der Waals surface area contributed by atoms with Crippen molar-refractivity contribution in [3.05, 3.63) is 23.8 Å². The Morgan fingerprint density at radius 2 is 2.29 bits per heavy atom. The summed E-state index contributed by atoms with van der Waals surface area (Å²) in [6, 6.07) is 4.68. The van der Waals surface area contributed by atoms with Crippen molar-refractivity contribution in [3.63, 3.8) is 0 Å². The average Bonchev–Trinajstić information content (AvgIpc) is 2.91. The minimum absolute atomic E-state index is 0.0110. The molecule has 0 radical (unpaired) electrons. The molecule has 8 nitrogen and oxygen atoms in total. The first-order chi connectivity index (χ1) is 10.0. The minimum Gasteiger partial charge on any atom is -0.504 e. The number of hydrogen-bond acceptors (Lipinski definition) is 6. The van der Waals surface area contributed by atoms with Crippen LogP contribution in [0.15, 0.2) is 28.4 Å². The summed E-state index contributed by atoms with van der Waals surface area (Å²) in [4.78, 5) is 23.0. The minimum atomic E-state index is -0.976. The summed E-state index contributed by atoms with van der Waals surface area (Å²) in [7, 11) is 1.44. The first-order valence-corrected chi connectivity index (χ1v) is 6.07. The Morgan fingerprint density at radius 1 is 1.52 bits per heavy atom. The molecule has 110 valence electrons. The molecule has 0 unspecified atom stereocenters. The number of methoxy groups -OCH3 is 1. The Balaban J connectivity index is 2.09. The lowest BCUT2D eigenvalue weighted by Crippen LogP contribution is -2.34. The Kier molecular flexibility index (Phi) is 4.17. The van der Waals surface area contributed by atoms with Crippen LogP contribution < -0.4 is 15.6 Å². The number of nitrogens with one attached hydrogen (secondary N) is 2. The lowest BCUT2D eigenvalue weighted by atomic mass is 10.1. The highest BCUT2D eigenvalue weighted by Crippen LogP contribution is 2.26. The van der Waals surface area contributed by atoms with Crippen LogP contribution >= 0.6 is 0 Å². The number of nitrogens with zero attached hydrogens (tertiary/aromatic N) is 2. The van der Waals surface area contributed by atoms with Crippen LogP contribution in [0.3, 0.4) is 0 Å². The first kappa shape index (κ1) is 14.5. The average molecular weight is 290 g/mol. The summed E-state index contributed by atoms with van der Waals surface area (Å²) in [6.45, 7) is 1.68. The third-order valence-electron chi connectivity index (χ3n) is 2.89. The predicted octanol–water partition coefficient (Wildman–Crippen LogP) is -0.0272. The molecule has 0 bridgehead atoms. The van der Waals surface area contributed by atoms with Gasteiger partial charge >= 0.3 is 0 Å². The van der Waals surface area contributed by atoms with Gasteiger partial charge in [-0.1, -0.05) is 0 Å². The van der Waals surface area contributed by atoms with Gasteiger partial charge in [0, 0.05) is 11.8 Å². The van der Waals surface area contributed by atoms with Crippen molar-refractivity contribution < 1.29 is 19.4 Å². The van der Waals surface area contributed by atoms with Crippen LogP contribution in [-0.4, -0.2) is 36.0 Å². The molecule has 1 aliphatic heterocycles. The fourth-order valence-electron chi connectivity index (χ4n) is 1.68. The molecular weight excluding hydrogens is 276 g/mol. The molecule has 0 saturated carbocycles. The first-order valence-electron chi connectivity index (χ1n) is 6.07. The number of phenolic OH excluding ortho intramolecular Hbond substituents is 1. The SMILES string of the molecule is COc1cc(/C(C)=N\NC(=O)[C@@H]2C=NNC2=O)ccc1O. The Morgan fingerprint density at radius 3 is 2.90 bits per heavy atom. The van der Waals surface area contributed by atoms with E-state index in [1.165, 1.54) is 19.4 Å². The van der Waals surface area contributed by atoms with Gasteiger partial charge in [0.15, 0.2) is 17.4 Å². The van der Waals surface area contributed by atoms with Crippen molar-refractivity contribution in [1.82, 2.24) is 10.9 Å². The van der Waals surface area contributed by atoms with Crippen LogP contribution in [0.2, 0.25) is 0 Å². The number of aromatic hydroxyl groups is 1. The Hall–Kier alpha value is -2.90. The van der Waals surface area contributed by atoms with Gasteiger partial charge in [-0.05, 0) is 25.1 Å². The summed E-state index contributed by atoms with van der Waals surface area (Å²) >= 11 is 0. The van der Waals surface area contributed by atoms with Crippen LogP contribution in [0.25, 0.3) is 0 Å². The topological polar surface area (TPSA) is 112 Å². The molecule has 8 heteroatoms. The smallest absolute Gasteiger partial charge is 0.258 e. The summed E-state index contributed by atoms with van der Waals surface area (Å²) in [5.74, 6) is -1.73. The standard InChI is InChI=1S/C13H14N4O4/c1-7(8-3-4-10(18)11(5-8)21-2)15-17-13(20)9-6-14-16-12(9)19/h3-6,9,18H,1-2H3,(H,16,19)(H,17,20)/b15-7-/t9-/m1/s1. The van der Waals surface area contributed by atoms with Gasteiger partial charge < -0.3 is 9.84 Å². The zero-order chi connectivity index (χ0) is 15.4. The second-order valence-electron chi connectivity index (χ2n) is 4.29. The highest BCUT2D eigenvalue weighted by atomic mass is 16.5. The molecule has 0 saturated heterocycles. The number of phenols is 1. The Labute approximate surface area is 120 Å². The fourth-order valence-corrected chi connectivity index (χ4v) is 1.68. The van der Waals surface area contributed by atoms with Crippen molar-refractivity contribution in [2.75, 3.05) is 7.11 Å². The molecule has 2 rings (SSSR count). The lowest BCUT2D eigenvalue weighted by Gasteiger charge is -2.07. The number of carbonyl (C=O) groups excluding carboxylic acids is 2. The summed E-state index contributed by atoms with van der Waals surface area (Å²) in [5, 5.41) is 16.9. The summed E-state index contributed by atoms with van der Waals surface area (Å²) in [5.41, 5.74) is 5.63. The second-order valence-corrected chi connectivity index (χ2v) is 4.29. The molecule has 0 fully saturated rings. The molecular formula is C13H14N4O4. The van der Waals surface area contributed by atoms with E-state index < -0.39 is 17.7 Å². The van der Waals surface area contributed by atoms with E-state index in [0.717, 1.165) is 0 Å². The number of rotatable bonds is 4. The number of hydrogen-bond donors (Lipinski definition) is 3. The highest BCUT2D eigenvalue weighted by Gasteiger charge is 2.28. The van der Waals surface area contributed by atoms with Crippen molar-refractivity contribution in [3.8, 4) is 11.5 Å². The molecule has 1 heterocycles. The fraction of sp³-hybridized carbons (Fsp3) is 0.231. The lowest BCUT2D eigenvalue weighted by molar-refractivity contribution is -0.131. The van der Waals surface area contributed by atoms with Gasteiger partial charge in [-0.2, -0.15) is 10.2 Å². The molecule has 1 atom stereocenters. The molecule has 1 aromatic carbocycles. The van der Waals surface area contributed by atoms with E-state index in [9.17, 15) is 14.7 Å². The number of ether oxygens (including phenoxy) is 1. The van der Waals surface area contributed by atoms with E-state index in [-0.39, 0.29) is 5.75 Å². The Bertz CT molecular complexity index is 639. The van der Waals surface area contributed by atoms with Crippen molar-refractivity contribution in [2.45, 2.75) is 6.92 Å². The third-order valence-corrected chi connectivity index (χ3v) is 2.89. The monoisotopic (exact) mass is 290 g/mol. The van der Waals surface area contributed by atoms with E-state index in [0.29, 0.717) is 17.0 Å². The van der Waals surface area contributed by atoms with Gasteiger partial charge in [0.05, 0.1) is 12.8 Å². The van der Waals surface area contributed by atoms with E-state index in [2.05, 4.69) is 21.1 Å². The van der Waals surface area contributed by atoms with E-state index in [4.69, 9.17) is 4.74 Å². The van der Waals surface area contributed by atoms with Gasteiger partial charge in [0.25, 0.3) is 11.8 Å². The van der Waals surface area contributed by atoms with E-state index >= 15 is 0 Å². The van der Waals surface area contributed by atoms with Crippen LogP contribution in [0.4, 0.5) is 0 Å². The number of hydrazone groups is 2. The zero-order valence-electron chi connectivity index (χ0n) is 11.5. The predicted molar refractivity (Wildman–Crippen MR) is 75.1 cm³/mol. The molecule has 1 aliphatic rings. The molecule has 0 aliphatic carbocycles. The van der Waals surface area contributed by atoms with Gasteiger partial charge in [-0.3, -0.25) is 9.59 Å². The third kappa shape index (κ3) is 3.16. The molecule has 0 spiro atoms. The number of benzene rings is 1. The maximum Gasteiger partial charge on any atom is 0.258 e. The van der Waals surface area contributed by atoms with Crippen LogP contribution in [0.1, 0.15) is 12.5 Å². The van der Waals surface area contributed by atoms with Crippen molar-refractivity contribution in [1.29, 1.82) is 0 Å². The van der Waals surface area contributed by atoms with Crippen LogP contribution in [0.5, 0.6) is 11.5 Å². The van der Waals surface area contributed by atoms with Gasteiger partial charge in [0.1, 0.15) is 0 Å². The van der Waals surface area contributed by atoms with E-state index in [1.807, 2.05) is 0 Å². The maximum atomic E-state index is 11.7. The van der Waals surface area contributed by atoms with Gasteiger partial charge in [0.2, 0.25) is 0 Å². The quantitative estimate of drug-likeness (QED) is 0.410. The summed E-state index contributed by atoms with van der Waals surface area (Å²) in [6.07, 6.45) is 1.21. The highest BCUT2D eigenvalue weighted by molar-refractivity contribution is 6.15. The number of amides is 2. The van der Waals surface area contributed by atoms with Gasteiger partial charge in [-0.15, -0.1) is 0 Å². The number of carbonyl (C=O) groups is 2. The summed E-state index contributed by atoms with van der Waals surface area (Å²) < 4.78 is 4.99. The van der Waals surface area contributed by atoms with Gasteiger partial charge in [-0.25, -0.2) is 10.9 Å². The zero-order valence-corrected chi connectivity index (χ0v) is 11.5.